The van der Waals surface area contributed by atoms with Gasteiger partial charge >= 0.3 is 0 Å². The Bertz CT molecular complexity index is 518. The fraction of sp³-hybridized carbons (Fsp3) is 0.273. The second kappa shape index (κ2) is 4.91. The molecule has 1 aliphatic rings. The summed E-state index contributed by atoms with van der Waals surface area (Å²) in [6.07, 6.45) is 2.56. The molecule has 0 radical (unpaired) electrons. The van der Waals surface area contributed by atoms with Crippen LogP contribution in [-0.4, -0.2) is 28.7 Å². The zero-order valence-electron chi connectivity index (χ0n) is 9.27. The Morgan fingerprint density at radius 1 is 1.50 bits per heavy atom. The quantitative estimate of drug-likeness (QED) is 0.710. The van der Waals surface area contributed by atoms with Gasteiger partial charge in [0, 0.05) is 12.6 Å². The number of nitrogens with one attached hydrogen (secondary N) is 2. The third kappa shape index (κ3) is 2.50. The molecule has 2 rings (SSSR count). The Morgan fingerprint density at radius 2 is 2.28 bits per heavy atom. The molecule has 1 atom stereocenters. The van der Waals surface area contributed by atoms with Gasteiger partial charge in [0.05, 0.1) is 11.8 Å². The summed E-state index contributed by atoms with van der Waals surface area (Å²) < 4.78 is 13.3. The van der Waals surface area contributed by atoms with Crippen molar-refractivity contribution in [3.63, 3.8) is 0 Å². The van der Waals surface area contributed by atoms with Crippen LogP contribution in [0.5, 0.6) is 0 Å². The monoisotopic (exact) mass is 251 g/mol. The van der Waals surface area contributed by atoms with Crippen molar-refractivity contribution in [1.82, 2.24) is 15.6 Å². The van der Waals surface area contributed by atoms with E-state index in [1.807, 2.05) is 0 Å². The molecule has 0 bridgehead atoms. The molecule has 0 aromatic carbocycles. The van der Waals surface area contributed by atoms with Crippen LogP contribution in [0.25, 0.3) is 0 Å². The van der Waals surface area contributed by atoms with E-state index in [1.54, 1.807) is 0 Å². The first-order chi connectivity index (χ1) is 8.58. The van der Waals surface area contributed by atoms with E-state index in [2.05, 4.69) is 15.6 Å². The molecule has 1 unspecified atom stereocenters. The summed E-state index contributed by atoms with van der Waals surface area (Å²) in [6, 6.07) is 0.402. The summed E-state index contributed by atoms with van der Waals surface area (Å²) in [6.45, 7) is 0. The fourth-order valence-electron chi connectivity index (χ4n) is 1.63. The molecule has 0 saturated carbocycles. The summed E-state index contributed by atoms with van der Waals surface area (Å²) in [5, 5.41) is 4.48. The Kier molecular flexibility index (Phi) is 3.31. The third-order valence-electron chi connectivity index (χ3n) is 2.56. The average Bonchev–Trinajstić information content (AvgIpc) is 2.33. The zero-order valence-corrected chi connectivity index (χ0v) is 9.27. The van der Waals surface area contributed by atoms with Crippen LogP contribution in [0, 0.1) is 5.82 Å². The maximum atomic E-state index is 13.3. The van der Waals surface area contributed by atoms with Crippen molar-refractivity contribution < 1.29 is 18.8 Å². The van der Waals surface area contributed by atoms with Gasteiger partial charge in [0.15, 0.2) is 5.82 Å². The van der Waals surface area contributed by atoms with Gasteiger partial charge in [-0.2, -0.15) is 0 Å². The van der Waals surface area contributed by atoms with Gasteiger partial charge < -0.3 is 5.32 Å². The summed E-state index contributed by atoms with van der Waals surface area (Å²) in [5.41, 5.74) is -0.185. The highest BCUT2D eigenvalue weighted by atomic mass is 19.1. The van der Waals surface area contributed by atoms with Gasteiger partial charge in [-0.25, -0.2) is 4.39 Å². The molecule has 1 aliphatic heterocycles. The van der Waals surface area contributed by atoms with Crippen molar-refractivity contribution in [3.8, 4) is 0 Å². The molecular weight excluding hydrogens is 241 g/mol. The topological polar surface area (TPSA) is 88.2 Å². The SMILES string of the molecule is O=C1CCC(NC(=O)c2ccncc2F)C(=O)N1. The first kappa shape index (κ1) is 12.2. The van der Waals surface area contributed by atoms with E-state index < -0.39 is 23.7 Å². The lowest BCUT2D eigenvalue weighted by Gasteiger charge is -2.21. The highest BCUT2D eigenvalue weighted by Crippen LogP contribution is 2.08. The summed E-state index contributed by atoms with van der Waals surface area (Å²) in [4.78, 5) is 37.6. The van der Waals surface area contributed by atoms with Crippen LogP contribution in [0.4, 0.5) is 4.39 Å². The van der Waals surface area contributed by atoms with Crippen molar-refractivity contribution in [2.75, 3.05) is 0 Å². The Balaban J connectivity index is 2.06. The van der Waals surface area contributed by atoms with Gasteiger partial charge in [0.25, 0.3) is 5.91 Å². The third-order valence-corrected chi connectivity index (χ3v) is 2.56. The van der Waals surface area contributed by atoms with Gasteiger partial charge in [-0.1, -0.05) is 0 Å². The van der Waals surface area contributed by atoms with Crippen molar-refractivity contribution in [2.24, 2.45) is 0 Å². The number of halogens is 1. The second-order valence-electron chi connectivity index (χ2n) is 3.83. The number of carbonyl (C=O) groups is 3. The highest BCUT2D eigenvalue weighted by molar-refractivity contribution is 6.03. The molecule has 1 fully saturated rings. The second-order valence-corrected chi connectivity index (χ2v) is 3.83. The summed E-state index contributed by atoms with van der Waals surface area (Å²) in [5.74, 6) is -2.42. The van der Waals surface area contributed by atoms with Crippen molar-refractivity contribution in [1.29, 1.82) is 0 Å². The van der Waals surface area contributed by atoms with Crippen molar-refractivity contribution >= 4 is 17.7 Å². The van der Waals surface area contributed by atoms with Gasteiger partial charge in [0.2, 0.25) is 11.8 Å². The number of carbonyl (C=O) groups excluding carboxylic acids is 3. The van der Waals surface area contributed by atoms with Crippen LogP contribution in [0.3, 0.4) is 0 Å². The predicted octanol–water partition coefficient (Wildman–Crippen LogP) is -0.244. The number of pyridine rings is 1. The van der Waals surface area contributed by atoms with Gasteiger partial charge in [0.1, 0.15) is 6.04 Å². The van der Waals surface area contributed by atoms with E-state index >= 15 is 0 Å². The van der Waals surface area contributed by atoms with Crippen LogP contribution in [-0.2, 0) is 9.59 Å². The molecule has 2 heterocycles. The Hall–Kier alpha value is -2.31. The molecule has 2 N–H and O–H groups in total. The fourth-order valence-corrected chi connectivity index (χ4v) is 1.63. The normalized spacial score (nSPS) is 19.3. The van der Waals surface area contributed by atoms with Crippen LogP contribution in [0.15, 0.2) is 18.5 Å². The van der Waals surface area contributed by atoms with E-state index in [1.165, 1.54) is 12.3 Å². The zero-order chi connectivity index (χ0) is 13.1. The lowest BCUT2D eigenvalue weighted by Crippen LogP contribution is -2.52. The first-order valence-electron chi connectivity index (χ1n) is 5.32. The Morgan fingerprint density at radius 3 is 2.94 bits per heavy atom. The molecule has 1 aromatic rings. The molecule has 0 aliphatic carbocycles. The average molecular weight is 251 g/mol. The lowest BCUT2D eigenvalue weighted by molar-refractivity contribution is -0.134. The molecule has 94 valence electrons. The number of imide groups is 1. The van der Waals surface area contributed by atoms with E-state index in [0.717, 1.165) is 6.20 Å². The molecule has 7 heteroatoms. The van der Waals surface area contributed by atoms with E-state index in [-0.39, 0.29) is 24.3 Å². The largest absolute Gasteiger partial charge is 0.340 e. The van der Waals surface area contributed by atoms with Crippen LogP contribution in [0.1, 0.15) is 23.2 Å². The minimum atomic E-state index is -0.817. The molecule has 1 saturated heterocycles. The van der Waals surface area contributed by atoms with E-state index in [4.69, 9.17) is 0 Å². The van der Waals surface area contributed by atoms with E-state index in [0.29, 0.717) is 0 Å². The molecule has 6 nitrogen and oxygen atoms in total. The van der Waals surface area contributed by atoms with Crippen molar-refractivity contribution in [2.45, 2.75) is 18.9 Å². The molecule has 1 aromatic heterocycles. The molecule has 18 heavy (non-hydrogen) atoms. The smallest absolute Gasteiger partial charge is 0.255 e. The number of piperidine rings is 1. The number of hydrogen-bond acceptors (Lipinski definition) is 4. The maximum Gasteiger partial charge on any atom is 0.255 e. The molecular formula is C11H10FN3O3. The predicted molar refractivity (Wildman–Crippen MR) is 57.8 cm³/mol. The minimum Gasteiger partial charge on any atom is -0.340 e. The molecule has 3 amide bonds. The minimum absolute atomic E-state index is 0.148. The molecule has 0 spiro atoms. The van der Waals surface area contributed by atoms with Crippen LogP contribution < -0.4 is 10.6 Å². The lowest BCUT2D eigenvalue weighted by atomic mass is 10.1. The number of nitrogens with zero attached hydrogens (tertiary/aromatic N) is 1. The highest BCUT2D eigenvalue weighted by Gasteiger charge is 2.28. The number of amides is 3. The Labute approximate surface area is 102 Å². The summed E-state index contributed by atoms with van der Waals surface area (Å²) in [7, 11) is 0. The standard InChI is InChI=1S/C11H10FN3O3/c12-7-5-13-4-3-6(7)10(17)14-8-1-2-9(16)15-11(8)18/h3-5,8H,1-2H2,(H,14,17)(H,15,16,18). The number of rotatable bonds is 2. The maximum absolute atomic E-state index is 13.3. The van der Waals surface area contributed by atoms with Gasteiger partial charge in [-0.05, 0) is 12.5 Å². The van der Waals surface area contributed by atoms with Gasteiger partial charge in [-0.3, -0.25) is 24.7 Å². The summed E-state index contributed by atoms with van der Waals surface area (Å²) >= 11 is 0. The van der Waals surface area contributed by atoms with Gasteiger partial charge in [-0.15, -0.1) is 0 Å². The van der Waals surface area contributed by atoms with Crippen LogP contribution >= 0.6 is 0 Å². The number of hydrogen-bond donors (Lipinski definition) is 2. The first-order valence-corrected chi connectivity index (χ1v) is 5.32. The van der Waals surface area contributed by atoms with E-state index in [9.17, 15) is 18.8 Å². The number of aromatic nitrogens is 1. The van der Waals surface area contributed by atoms with Crippen LogP contribution in [0.2, 0.25) is 0 Å². The van der Waals surface area contributed by atoms with Crippen molar-refractivity contribution in [3.05, 3.63) is 29.8 Å².